The van der Waals surface area contributed by atoms with Crippen LogP contribution in [0.2, 0.25) is 0 Å². The van der Waals surface area contributed by atoms with Crippen molar-refractivity contribution in [1.82, 2.24) is 4.72 Å². The molecule has 1 aromatic heterocycles. The van der Waals surface area contributed by atoms with Gasteiger partial charge < -0.3 is 0 Å². The van der Waals surface area contributed by atoms with Crippen molar-refractivity contribution in [2.24, 2.45) is 0 Å². The zero-order valence-corrected chi connectivity index (χ0v) is 8.63. The van der Waals surface area contributed by atoms with Gasteiger partial charge in [-0.3, -0.25) is 0 Å². The highest BCUT2D eigenvalue weighted by Crippen LogP contribution is 2.12. The molecule has 0 bridgehead atoms. The number of rotatable bonds is 3. The van der Waals surface area contributed by atoms with Gasteiger partial charge >= 0.3 is 0 Å². The molecular formula is C7H11NO2S2. The number of hydrogen-bond acceptors (Lipinski definition) is 3. The second-order valence-electron chi connectivity index (χ2n) is 2.67. The molecule has 0 aromatic carbocycles. The Kier molecular flexibility index (Phi) is 2.87. The Bertz CT molecular complexity index is 353. The van der Waals surface area contributed by atoms with E-state index in [1.807, 2.05) is 17.7 Å². The number of sulfonamides is 1. The van der Waals surface area contributed by atoms with Gasteiger partial charge in [-0.05, 0) is 28.8 Å². The van der Waals surface area contributed by atoms with E-state index in [-0.39, 0.29) is 0 Å². The highest BCUT2D eigenvalue weighted by Gasteiger charge is 2.03. The van der Waals surface area contributed by atoms with Crippen LogP contribution in [-0.4, -0.2) is 14.7 Å². The summed E-state index contributed by atoms with van der Waals surface area (Å²) in [4.78, 5) is 0. The van der Waals surface area contributed by atoms with Crippen LogP contribution in [0.1, 0.15) is 11.1 Å². The van der Waals surface area contributed by atoms with Gasteiger partial charge in [0, 0.05) is 6.54 Å². The van der Waals surface area contributed by atoms with Gasteiger partial charge in [-0.1, -0.05) is 0 Å². The summed E-state index contributed by atoms with van der Waals surface area (Å²) in [6.45, 7) is 2.37. The fourth-order valence-electron chi connectivity index (χ4n) is 0.777. The van der Waals surface area contributed by atoms with Crippen LogP contribution in [0.5, 0.6) is 0 Å². The molecule has 0 aliphatic carbocycles. The van der Waals surface area contributed by atoms with Crippen molar-refractivity contribution >= 4 is 21.4 Å². The summed E-state index contributed by atoms with van der Waals surface area (Å²) in [6, 6.07) is 0. The Labute approximate surface area is 76.5 Å². The van der Waals surface area contributed by atoms with Crippen molar-refractivity contribution in [2.75, 3.05) is 6.26 Å². The Morgan fingerprint density at radius 1 is 1.50 bits per heavy atom. The molecule has 0 aliphatic rings. The van der Waals surface area contributed by atoms with Crippen molar-refractivity contribution < 1.29 is 8.42 Å². The van der Waals surface area contributed by atoms with Gasteiger partial charge in [0.15, 0.2) is 0 Å². The number of hydrogen-bond donors (Lipinski definition) is 1. The fraction of sp³-hybridized carbons (Fsp3) is 0.429. The van der Waals surface area contributed by atoms with E-state index in [1.165, 1.54) is 0 Å². The molecule has 1 N–H and O–H groups in total. The average molecular weight is 205 g/mol. The molecule has 1 heterocycles. The van der Waals surface area contributed by atoms with Crippen LogP contribution in [0.25, 0.3) is 0 Å². The SMILES string of the molecule is Cc1cscc1CNS(C)(=O)=O. The van der Waals surface area contributed by atoms with E-state index in [0.29, 0.717) is 6.54 Å². The van der Waals surface area contributed by atoms with E-state index >= 15 is 0 Å². The first-order valence-electron chi connectivity index (χ1n) is 3.45. The third kappa shape index (κ3) is 2.92. The molecule has 3 nitrogen and oxygen atoms in total. The second-order valence-corrected chi connectivity index (χ2v) is 5.25. The van der Waals surface area contributed by atoms with Gasteiger partial charge in [-0.25, -0.2) is 13.1 Å². The van der Waals surface area contributed by atoms with E-state index in [2.05, 4.69) is 4.72 Å². The van der Waals surface area contributed by atoms with Gasteiger partial charge in [-0.15, -0.1) is 0 Å². The highest BCUT2D eigenvalue weighted by molar-refractivity contribution is 7.88. The zero-order chi connectivity index (χ0) is 9.19. The molecule has 12 heavy (non-hydrogen) atoms. The lowest BCUT2D eigenvalue weighted by atomic mass is 10.2. The fourth-order valence-corrected chi connectivity index (χ4v) is 2.05. The van der Waals surface area contributed by atoms with Crippen LogP contribution in [0, 0.1) is 6.92 Å². The van der Waals surface area contributed by atoms with Crippen LogP contribution in [-0.2, 0) is 16.6 Å². The molecule has 0 saturated carbocycles. The summed E-state index contributed by atoms with van der Waals surface area (Å²) in [5.41, 5.74) is 2.18. The molecule has 0 amide bonds. The summed E-state index contributed by atoms with van der Waals surface area (Å²) in [5, 5.41) is 3.95. The molecule has 0 fully saturated rings. The van der Waals surface area contributed by atoms with Gasteiger partial charge in [0.25, 0.3) is 0 Å². The first kappa shape index (κ1) is 9.70. The normalized spacial score (nSPS) is 11.8. The Hall–Kier alpha value is -0.390. The molecule has 0 unspecified atom stereocenters. The Morgan fingerprint density at radius 3 is 2.58 bits per heavy atom. The maximum Gasteiger partial charge on any atom is 0.209 e. The van der Waals surface area contributed by atoms with E-state index in [1.54, 1.807) is 11.3 Å². The largest absolute Gasteiger partial charge is 0.213 e. The minimum Gasteiger partial charge on any atom is -0.213 e. The summed E-state index contributed by atoms with van der Waals surface area (Å²) in [7, 11) is -3.06. The number of aryl methyl sites for hydroxylation is 1. The second kappa shape index (κ2) is 3.55. The lowest BCUT2D eigenvalue weighted by Crippen LogP contribution is -2.21. The maximum absolute atomic E-state index is 10.7. The standard InChI is InChI=1S/C7H11NO2S2/c1-6-4-11-5-7(6)3-8-12(2,9)10/h4-5,8H,3H2,1-2H3. The van der Waals surface area contributed by atoms with Crippen molar-refractivity contribution in [3.05, 3.63) is 21.9 Å². The summed E-state index contributed by atoms with van der Waals surface area (Å²) < 4.78 is 23.9. The van der Waals surface area contributed by atoms with Crippen molar-refractivity contribution in [3.63, 3.8) is 0 Å². The summed E-state index contributed by atoms with van der Waals surface area (Å²) in [6.07, 6.45) is 1.16. The van der Waals surface area contributed by atoms with E-state index in [0.717, 1.165) is 17.4 Å². The molecule has 0 saturated heterocycles. The smallest absolute Gasteiger partial charge is 0.209 e. The molecule has 68 valence electrons. The third-order valence-electron chi connectivity index (χ3n) is 1.49. The summed E-state index contributed by atoms with van der Waals surface area (Å²) in [5.74, 6) is 0. The minimum atomic E-state index is -3.06. The molecule has 1 rings (SSSR count). The summed E-state index contributed by atoms with van der Waals surface area (Å²) >= 11 is 1.58. The number of nitrogens with one attached hydrogen (secondary N) is 1. The van der Waals surface area contributed by atoms with Crippen molar-refractivity contribution in [2.45, 2.75) is 13.5 Å². The van der Waals surface area contributed by atoms with Crippen molar-refractivity contribution in [1.29, 1.82) is 0 Å². The van der Waals surface area contributed by atoms with Crippen LogP contribution >= 0.6 is 11.3 Å². The zero-order valence-electron chi connectivity index (χ0n) is 6.99. The topological polar surface area (TPSA) is 46.2 Å². The van der Waals surface area contributed by atoms with Gasteiger partial charge in [0.05, 0.1) is 6.26 Å². The quantitative estimate of drug-likeness (QED) is 0.803. The molecule has 1 aromatic rings. The van der Waals surface area contributed by atoms with Gasteiger partial charge in [-0.2, -0.15) is 11.3 Å². The highest BCUT2D eigenvalue weighted by atomic mass is 32.2. The van der Waals surface area contributed by atoms with E-state index < -0.39 is 10.0 Å². The molecule has 0 radical (unpaired) electrons. The third-order valence-corrected chi connectivity index (χ3v) is 3.07. The lowest BCUT2D eigenvalue weighted by molar-refractivity contribution is 0.587. The predicted octanol–water partition coefficient (Wildman–Crippen LogP) is 1.11. The van der Waals surface area contributed by atoms with Gasteiger partial charge in [0.1, 0.15) is 0 Å². The lowest BCUT2D eigenvalue weighted by Gasteiger charge is -2.00. The molecule has 0 spiro atoms. The first-order chi connectivity index (χ1) is 5.49. The van der Waals surface area contributed by atoms with Crippen LogP contribution in [0.15, 0.2) is 10.8 Å². The Morgan fingerprint density at radius 2 is 2.17 bits per heavy atom. The predicted molar refractivity (Wildman–Crippen MR) is 50.7 cm³/mol. The van der Waals surface area contributed by atoms with Crippen LogP contribution < -0.4 is 4.72 Å². The molecule has 5 heteroatoms. The van der Waals surface area contributed by atoms with Crippen molar-refractivity contribution in [3.8, 4) is 0 Å². The average Bonchev–Trinajstić information content (AvgIpc) is 2.29. The first-order valence-corrected chi connectivity index (χ1v) is 6.29. The van der Waals surface area contributed by atoms with E-state index in [9.17, 15) is 8.42 Å². The minimum absolute atomic E-state index is 0.397. The van der Waals surface area contributed by atoms with Crippen LogP contribution in [0.3, 0.4) is 0 Å². The van der Waals surface area contributed by atoms with E-state index in [4.69, 9.17) is 0 Å². The monoisotopic (exact) mass is 205 g/mol. The maximum atomic E-state index is 10.7. The molecule has 0 atom stereocenters. The molecular weight excluding hydrogens is 194 g/mol. The number of thiophene rings is 1. The Balaban J connectivity index is 2.61. The van der Waals surface area contributed by atoms with Crippen LogP contribution in [0.4, 0.5) is 0 Å². The van der Waals surface area contributed by atoms with Gasteiger partial charge in [0.2, 0.25) is 10.0 Å². The molecule has 0 aliphatic heterocycles.